The Morgan fingerprint density at radius 3 is 2.23 bits per heavy atom. The fourth-order valence-corrected chi connectivity index (χ4v) is 5.30. The zero-order valence-electron chi connectivity index (χ0n) is 19.3. The van der Waals surface area contributed by atoms with E-state index in [2.05, 4.69) is 5.32 Å². The Bertz CT molecular complexity index is 1060. The molecule has 0 radical (unpaired) electrons. The minimum atomic E-state index is -2.84. The van der Waals surface area contributed by atoms with Crippen LogP contribution < -0.4 is 5.32 Å². The first-order valence-corrected chi connectivity index (χ1v) is 11.7. The first-order chi connectivity index (χ1) is 16.8. The van der Waals surface area contributed by atoms with E-state index in [1.165, 1.54) is 4.90 Å². The van der Waals surface area contributed by atoms with Gasteiger partial charge >= 0.3 is 12.1 Å². The maximum Gasteiger partial charge on any atom is 0.407 e. The molecule has 0 aromatic heterocycles. The van der Waals surface area contributed by atoms with Gasteiger partial charge in [-0.25, -0.2) is 13.6 Å². The summed E-state index contributed by atoms with van der Waals surface area (Å²) in [4.78, 5) is 38.5. The van der Waals surface area contributed by atoms with E-state index in [1.807, 2.05) is 48.5 Å². The Hall–Kier alpha value is -3.49. The highest BCUT2D eigenvalue weighted by atomic mass is 19.3. The van der Waals surface area contributed by atoms with E-state index in [0.717, 1.165) is 22.3 Å². The van der Waals surface area contributed by atoms with E-state index >= 15 is 0 Å². The van der Waals surface area contributed by atoms with Crippen molar-refractivity contribution in [2.45, 2.75) is 50.6 Å². The number of nitrogens with one attached hydrogen (secondary N) is 1. The number of benzene rings is 2. The van der Waals surface area contributed by atoms with Crippen LogP contribution in [0.15, 0.2) is 48.5 Å². The third-order valence-electron chi connectivity index (χ3n) is 6.91. The van der Waals surface area contributed by atoms with Gasteiger partial charge in [-0.2, -0.15) is 0 Å². The fourth-order valence-electron chi connectivity index (χ4n) is 5.30. The normalized spacial score (nSPS) is 19.8. The lowest BCUT2D eigenvalue weighted by Crippen LogP contribution is -2.51. The highest BCUT2D eigenvalue weighted by Crippen LogP contribution is 2.44. The highest BCUT2D eigenvalue weighted by Gasteiger charge is 2.42. The topological polar surface area (TPSA) is 95.9 Å². The van der Waals surface area contributed by atoms with Gasteiger partial charge in [0.25, 0.3) is 0 Å². The lowest BCUT2D eigenvalue weighted by Gasteiger charge is -2.30. The van der Waals surface area contributed by atoms with Crippen LogP contribution in [0.4, 0.5) is 13.6 Å². The molecule has 2 aromatic carbocycles. The van der Waals surface area contributed by atoms with Gasteiger partial charge in [-0.15, -0.1) is 0 Å². The van der Waals surface area contributed by atoms with Crippen LogP contribution in [0.3, 0.4) is 0 Å². The minimum absolute atomic E-state index is 0.0160. The highest BCUT2D eigenvalue weighted by molar-refractivity contribution is 5.87. The number of halogens is 2. The van der Waals surface area contributed by atoms with Crippen LogP contribution in [0.1, 0.15) is 43.2 Å². The first kappa shape index (κ1) is 24.6. The molecule has 1 heterocycles. The molecule has 9 heteroatoms. The Labute approximate surface area is 202 Å². The summed E-state index contributed by atoms with van der Waals surface area (Å²) >= 11 is 0. The van der Waals surface area contributed by atoms with Crippen LogP contribution in [-0.4, -0.2) is 59.6 Å². The van der Waals surface area contributed by atoms with Crippen molar-refractivity contribution in [3.05, 3.63) is 59.7 Å². The maximum absolute atomic E-state index is 13.3. The number of ether oxygens (including phenoxy) is 1. The van der Waals surface area contributed by atoms with Crippen molar-refractivity contribution in [1.82, 2.24) is 10.2 Å². The van der Waals surface area contributed by atoms with Crippen molar-refractivity contribution in [1.29, 1.82) is 0 Å². The van der Waals surface area contributed by atoms with E-state index in [4.69, 9.17) is 4.74 Å². The molecule has 1 fully saturated rings. The van der Waals surface area contributed by atoms with Gasteiger partial charge in [0, 0.05) is 24.9 Å². The summed E-state index contributed by atoms with van der Waals surface area (Å²) in [6.45, 7) is 1.87. The van der Waals surface area contributed by atoms with E-state index in [9.17, 15) is 28.3 Å². The van der Waals surface area contributed by atoms with Gasteiger partial charge in [0.2, 0.25) is 12.3 Å². The van der Waals surface area contributed by atoms with E-state index in [1.54, 1.807) is 6.92 Å². The number of hydrogen-bond acceptors (Lipinski definition) is 4. The molecule has 1 aliphatic heterocycles. The van der Waals surface area contributed by atoms with E-state index in [0.29, 0.717) is 6.42 Å². The van der Waals surface area contributed by atoms with Crippen LogP contribution in [-0.2, 0) is 14.3 Å². The number of amides is 2. The summed E-state index contributed by atoms with van der Waals surface area (Å²) in [7, 11) is 0. The van der Waals surface area contributed by atoms with Gasteiger partial charge in [-0.05, 0) is 35.1 Å². The molecule has 186 valence electrons. The van der Waals surface area contributed by atoms with Gasteiger partial charge < -0.3 is 20.1 Å². The van der Waals surface area contributed by atoms with Crippen molar-refractivity contribution in [3.63, 3.8) is 0 Å². The van der Waals surface area contributed by atoms with Crippen molar-refractivity contribution < 1.29 is 33.0 Å². The molecule has 2 aliphatic rings. The van der Waals surface area contributed by atoms with Gasteiger partial charge in [0.1, 0.15) is 12.6 Å². The molecular formula is C26H28F2N2O5. The molecule has 35 heavy (non-hydrogen) atoms. The van der Waals surface area contributed by atoms with Crippen molar-refractivity contribution in [3.8, 4) is 11.1 Å². The van der Waals surface area contributed by atoms with Crippen molar-refractivity contribution in [2.75, 3.05) is 13.2 Å². The van der Waals surface area contributed by atoms with Gasteiger partial charge in [0.05, 0.1) is 5.92 Å². The SMILES string of the molecule is CCC1C(C(=O)O)CCN1C(=O)C(CC(F)F)NC(=O)OCC1c2ccccc2-c2ccccc21. The molecule has 2 aromatic rings. The number of hydrogen-bond donors (Lipinski definition) is 2. The van der Waals surface area contributed by atoms with E-state index in [-0.39, 0.29) is 25.5 Å². The minimum Gasteiger partial charge on any atom is -0.481 e. The number of carbonyl (C=O) groups is 3. The smallest absolute Gasteiger partial charge is 0.407 e. The number of alkyl halides is 2. The second-order valence-electron chi connectivity index (χ2n) is 8.89. The van der Waals surface area contributed by atoms with Crippen LogP contribution in [0.5, 0.6) is 0 Å². The average Bonchev–Trinajstić information content (AvgIpc) is 3.41. The number of carbonyl (C=O) groups excluding carboxylic acids is 2. The molecule has 0 saturated carbocycles. The molecule has 4 rings (SSSR count). The number of aliphatic carboxylic acids is 1. The fraction of sp³-hybridized carbons (Fsp3) is 0.423. The number of carboxylic acid groups (broad SMARTS) is 1. The van der Waals surface area contributed by atoms with Gasteiger partial charge in [-0.3, -0.25) is 9.59 Å². The number of fused-ring (bicyclic) bond motifs is 3. The Morgan fingerprint density at radius 1 is 1.09 bits per heavy atom. The Kier molecular flexibility index (Phi) is 7.33. The molecule has 2 amide bonds. The molecule has 3 atom stereocenters. The summed E-state index contributed by atoms with van der Waals surface area (Å²) in [5, 5.41) is 11.7. The zero-order valence-corrected chi connectivity index (χ0v) is 19.3. The van der Waals surface area contributed by atoms with Gasteiger partial charge in [-0.1, -0.05) is 55.5 Å². The second-order valence-corrected chi connectivity index (χ2v) is 8.89. The van der Waals surface area contributed by atoms with Crippen LogP contribution in [0.2, 0.25) is 0 Å². The van der Waals surface area contributed by atoms with Crippen molar-refractivity contribution in [2.24, 2.45) is 5.92 Å². The summed E-state index contributed by atoms with van der Waals surface area (Å²) < 4.78 is 32.0. The number of carboxylic acids is 1. The predicted molar refractivity (Wildman–Crippen MR) is 124 cm³/mol. The van der Waals surface area contributed by atoms with Crippen LogP contribution >= 0.6 is 0 Å². The molecule has 2 N–H and O–H groups in total. The maximum atomic E-state index is 13.3. The van der Waals surface area contributed by atoms with Crippen molar-refractivity contribution >= 4 is 18.0 Å². The first-order valence-electron chi connectivity index (χ1n) is 11.7. The summed E-state index contributed by atoms with van der Waals surface area (Å²) in [6.07, 6.45) is -4.07. The molecule has 0 bridgehead atoms. The predicted octanol–water partition coefficient (Wildman–Crippen LogP) is 4.26. The van der Waals surface area contributed by atoms with Crippen LogP contribution in [0, 0.1) is 5.92 Å². The quantitative estimate of drug-likeness (QED) is 0.581. The third-order valence-corrected chi connectivity index (χ3v) is 6.91. The number of alkyl carbamates (subject to hydrolysis) is 1. The summed E-state index contributed by atoms with van der Waals surface area (Å²) in [5.41, 5.74) is 4.11. The Morgan fingerprint density at radius 2 is 1.69 bits per heavy atom. The monoisotopic (exact) mass is 486 g/mol. The largest absolute Gasteiger partial charge is 0.481 e. The molecular weight excluding hydrogens is 458 g/mol. The second kappa shape index (κ2) is 10.4. The molecule has 0 spiro atoms. The number of likely N-dealkylation sites (tertiary alicyclic amines) is 1. The molecule has 1 saturated heterocycles. The zero-order chi connectivity index (χ0) is 25.1. The molecule has 3 unspecified atom stereocenters. The average molecular weight is 487 g/mol. The molecule has 7 nitrogen and oxygen atoms in total. The molecule has 1 aliphatic carbocycles. The summed E-state index contributed by atoms with van der Waals surface area (Å²) in [5.74, 6) is -2.71. The lowest BCUT2D eigenvalue weighted by molar-refractivity contribution is -0.144. The van der Waals surface area contributed by atoms with Crippen LogP contribution in [0.25, 0.3) is 11.1 Å². The third kappa shape index (κ3) is 4.99. The lowest BCUT2D eigenvalue weighted by atomic mass is 9.98. The summed E-state index contributed by atoms with van der Waals surface area (Å²) in [6, 6.07) is 13.5. The van der Waals surface area contributed by atoms with Gasteiger partial charge in [0.15, 0.2) is 0 Å². The number of nitrogens with zero attached hydrogens (tertiary/aromatic N) is 1. The Balaban J connectivity index is 1.44. The standard InChI is InChI=1S/C26H28F2N2O5/c1-2-22-19(25(32)33)11-12-30(22)24(31)21(13-23(27)28)29-26(34)35-14-20-17-9-5-3-7-15(17)16-8-4-6-10-18(16)20/h3-10,19-23H,2,11-14H2,1H3,(H,29,34)(H,32,33). The number of rotatable bonds is 8. The van der Waals surface area contributed by atoms with E-state index < -0.39 is 48.8 Å².